The van der Waals surface area contributed by atoms with E-state index in [1.54, 1.807) is 0 Å². The number of rotatable bonds is 2. The van der Waals surface area contributed by atoms with Crippen molar-refractivity contribution < 1.29 is 0 Å². The van der Waals surface area contributed by atoms with Gasteiger partial charge in [-0.1, -0.05) is 20.3 Å². The van der Waals surface area contributed by atoms with Crippen LogP contribution in [0.1, 0.15) is 60.6 Å². The van der Waals surface area contributed by atoms with Gasteiger partial charge in [-0.25, -0.2) is 4.98 Å². The van der Waals surface area contributed by atoms with Crippen molar-refractivity contribution in [3.05, 3.63) is 15.6 Å². The number of aryl methyl sites for hydroxylation is 1. The van der Waals surface area contributed by atoms with E-state index in [1.165, 1.54) is 34.8 Å². The highest BCUT2D eigenvalue weighted by Crippen LogP contribution is 2.31. The van der Waals surface area contributed by atoms with Gasteiger partial charge in [-0.15, -0.1) is 11.3 Å². The minimum absolute atomic E-state index is 0.523. The van der Waals surface area contributed by atoms with E-state index in [1.807, 2.05) is 11.3 Å². The monoisotopic (exact) mass is 224 g/mol. The Balaban J connectivity index is 2.17. The van der Waals surface area contributed by atoms with Gasteiger partial charge < -0.3 is 5.32 Å². The molecule has 1 aliphatic rings. The van der Waals surface area contributed by atoms with Gasteiger partial charge in [-0.3, -0.25) is 0 Å². The average Bonchev–Trinajstić information content (AvgIpc) is 2.62. The van der Waals surface area contributed by atoms with Crippen molar-refractivity contribution in [3.63, 3.8) is 0 Å². The van der Waals surface area contributed by atoms with E-state index in [2.05, 4.69) is 26.1 Å². The average molecular weight is 224 g/mol. The third-order valence-corrected chi connectivity index (χ3v) is 4.10. The van der Waals surface area contributed by atoms with Crippen molar-refractivity contribution in [2.45, 2.75) is 52.0 Å². The summed E-state index contributed by atoms with van der Waals surface area (Å²) in [5.41, 5.74) is 1.29. The summed E-state index contributed by atoms with van der Waals surface area (Å²) in [4.78, 5) is 6.18. The fourth-order valence-corrected chi connectivity index (χ4v) is 3.36. The topological polar surface area (TPSA) is 24.9 Å². The van der Waals surface area contributed by atoms with Crippen LogP contribution in [-0.4, -0.2) is 11.5 Å². The quantitative estimate of drug-likeness (QED) is 0.833. The van der Waals surface area contributed by atoms with Crippen LogP contribution in [-0.2, 0) is 0 Å². The smallest absolute Gasteiger partial charge is 0.110 e. The summed E-state index contributed by atoms with van der Waals surface area (Å²) in [6.07, 6.45) is 3.91. The van der Waals surface area contributed by atoms with E-state index in [9.17, 15) is 0 Å². The first kappa shape index (κ1) is 11.1. The predicted molar refractivity (Wildman–Crippen MR) is 65.5 cm³/mol. The van der Waals surface area contributed by atoms with Crippen LogP contribution >= 0.6 is 11.3 Å². The van der Waals surface area contributed by atoms with Crippen LogP contribution in [0.2, 0.25) is 0 Å². The lowest BCUT2D eigenvalue weighted by atomic mass is 10.1. The number of thiazole rings is 1. The van der Waals surface area contributed by atoms with Gasteiger partial charge >= 0.3 is 0 Å². The molecule has 1 unspecified atom stereocenters. The molecule has 0 aliphatic carbocycles. The molecule has 2 nitrogen and oxygen atoms in total. The van der Waals surface area contributed by atoms with E-state index in [0.29, 0.717) is 12.0 Å². The SMILES string of the molecule is Cc1sc(C2CCCCN2)nc1C(C)C. The Hall–Kier alpha value is -0.410. The zero-order valence-corrected chi connectivity index (χ0v) is 10.7. The second-order valence-corrected chi connectivity index (χ2v) is 5.89. The number of hydrogen-bond acceptors (Lipinski definition) is 3. The number of piperidine rings is 1. The number of nitrogens with zero attached hydrogens (tertiary/aromatic N) is 1. The molecule has 0 saturated carbocycles. The molecule has 1 aromatic rings. The fourth-order valence-electron chi connectivity index (χ4n) is 2.18. The summed E-state index contributed by atoms with van der Waals surface area (Å²) >= 11 is 1.88. The Labute approximate surface area is 96.1 Å². The maximum absolute atomic E-state index is 4.79. The van der Waals surface area contributed by atoms with E-state index >= 15 is 0 Å². The van der Waals surface area contributed by atoms with Crippen molar-refractivity contribution in [3.8, 4) is 0 Å². The Morgan fingerprint density at radius 2 is 2.20 bits per heavy atom. The Bertz CT molecular complexity index is 324. The molecule has 0 aromatic carbocycles. The molecule has 1 fully saturated rings. The van der Waals surface area contributed by atoms with Gasteiger partial charge in [0.2, 0.25) is 0 Å². The molecule has 0 amide bonds. The summed E-state index contributed by atoms with van der Waals surface area (Å²) < 4.78 is 0. The van der Waals surface area contributed by atoms with E-state index < -0.39 is 0 Å². The Kier molecular flexibility index (Phi) is 3.42. The maximum Gasteiger partial charge on any atom is 0.110 e. The van der Waals surface area contributed by atoms with Crippen LogP contribution in [0.25, 0.3) is 0 Å². The molecular formula is C12H20N2S. The van der Waals surface area contributed by atoms with Crippen molar-refractivity contribution in [1.82, 2.24) is 10.3 Å². The third kappa shape index (κ3) is 2.40. The minimum atomic E-state index is 0.523. The first-order valence-corrected chi connectivity index (χ1v) is 6.70. The van der Waals surface area contributed by atoms with Crippen LogP contribution in [0.5, 0.6) is 0 Å². The van der Waals surface area contributed by atoms with Crippen molar-refractivity contribution >= 4 is 11.3 Å². The van der Waals surface area contributed by atoms with Gasteiger partial charge in [0.15, 0.2) is 0 Å². The second-order valence-electron chi connectivity index (χ2n) is 4.65. The first-order valence-electron chi connectivity index (χ1n) is 5.89. The summed E-state index contributed by atoms with van der Waals surface area (Å²) in [6, 6.07) is 0.523. The molecule has 1 N–H and O–H groups in total. The highest BCUT2D eigenvalue weighted by Gasteiger charge is 2.20. The largest absolute Gasteiger partial charge is 0.308 e. The molecule has 3 heteroatoms. The standard InChI is InChI=1S/C12H20N2S/c1-8(2)11-9(3)15-12(14-11)10-6-4-5-7-13-10/h8,10,13H,4-7H2,1-3H3. The van der Waals surface area contributed by atoms with E-state index in [0.717, 1.165) is 6.54 Å². The molecule has 84 valence electrons. The lowest BCUT2D eigenvalue weighted by molar-refractivity contribution is 0.410. The summed E-state index contributed by atoms with van der Waals surface area (Å²) in [7, 11) is 0. The molecule has 1 atom stereocenters. The molecule has 0 spiro atoms. The second kappa shape index (κ2) is 4.62. The highest BCUT2D eigenvalue weighted by atomic mass is 32.1. The summed E-state index contributed by atoms with van der Waals surface area (Å²) in [6.45, 7) is 7.79. The zero-order valence-electron chi connectivity index (χ0n) is 9.84. The van der Waals surface area contributed by atoms with Gasteiger partial charge in [0.25, 0.3) is 0 Å². The predicted octanol–water partition coefficient (Wildman–Crippen LogP) is 3.39. The Morgan fingerprint density at radius 1 is 1.40 bits per heavy atom. The van der Waals surface area contributed by atoms with E-state index in [4.69, 9.17) is 4.98 Å². The molecule has 15 heavy (non-hydrogen) atoms. The molecular weight excluding hydrogens is 204 g/mol. The van der Waals surface area contributed by atoms with Gasteiger partial charge in [-0.05, 0) is 32.2 Å². The molecule has 2 rings (SSSR count). The molecule has 1 aliphatic heterocycles. The van der Waals surface area contributed by atoms with Gasteiger partial charge in [0.05, 0.1) is 11.7 Å². The lowest BCUT2D eigenvalue weighted by Gasteiger charge is -2.21. The van der Waals surface area contributed by atoms with Crippen molar-refractivity contribution in [1.29, 1.82) is 0 Å². The number of hydrogen-bond donors (Lipinski definition) is 1. The zero-order chi connectivity index (χ0) is 10.8. The van der Waals surface area contributed by atoms with Crippen LogP contribution in [0.15, 0.2) is 0 Å². The number of aromatic nitrogens is 1. The lowest BCUT2D eigenvalue weighted by Crippen LogP contribution is -2.26. The Morgan fingerprint density at radius 3 is 2.73 bits per heavy atom. The summed E-state index contributed by atoms with van der Waals surface area (Å²) in [5.74, 6) is 0.554. The highest BCUT2D eigenvalue weighted by molar-refractivity contribution is 7.11. The maximum atomic E-state index is 4.79. The third-order valence-electron chi connectivity index (χ3n) is 3.00. The van der Waals surface area contributed by atoms with Gasteiger partial charge in [-0.2, -0.15) is 0 Å². The van der Waals surface area contributed by atoms with Crippen LogP contribution in [0, 0.1) is 6.92 Å². The van der Waals surface area contributed by atoms with Crippen molar-refractivity contribution in [2.75, 3.05) is 6.54 Å². The van der Waals surface area contributed by atoms with Crippen molar-refractivity contribution in [2.24, 2.45) is 0 Å². The molecule has 0 bridgehead atoms. The van der Waals surface area contributed by atoms with E-state index in [-0.39, 0.29) is 0 Å². The van der Waals surface area contributed by atoms with Crippen LogP contribution < -0.4 is 5.32 Å². The normalized spacial score (nSPS) is 22.3. The van der Waals surface area contributed by atoms with Gasteiger partial charge in [0, 0.05) is 4.88 Å². The van der Waals surface area contributed by atoms with Crippen LogP contribution in [0.4, 0.5) is 0 Å². The molecule has 2 heterocycles. The van der Waals surface area contributed by atoms with Crippen LogP contribution in [0.3, 0.4) is 0 Å². The minimum Gasteiger partial charge on any atom is -0.308 e. The molecule has 1 saturated heterocycles. The number of nitrogens with one attached hydrogen (secondary N) is 1. The molecule has 0 radical (unpaired) electrons. The first-order chi connectivity index (χ1) is 7.18. The summed E-state index contributed by atoms with van der Waals surface area (Å²) in [5, 5.41) is 4.86. The van der Waals surface area contributed by atoms with Gasteiger partial charge in [0.1, 0.15) is 5.01 Å². The molecule has 1 aromatic heterocycles. The fraction of sp³-hybridized carbons (Fsp3) is 0.750.